The second kappa shape index (κ2) is 12.2. The molecular formula is C29H30N2O7. The molecule has 38 heavy (non-hydrogen) atoms. The number of anilines is 1. The Morgan fingerprint density at radius 1 is 0.895 bits per heavy atom. The van der Waals surface area contributed by atoms with Crippen LogP contribution in [0, 0.1) is 0 Å². The van der Waals surface area contributed by atoms with Gasteiger partial charge >= 0.3 is 5.97 Å². The molecule has 0 spiro atoms. The van der Waals surface area contributed by atoms with Gasteiger partial charge in [0.1, 0.15) is 18.2 Å². The molecule has 0 atom stereocenters. The van der Waals surface area contributed by atoms with Gasteiger partial charge in [0.25, 0.3) is 0 Å². The Morgan fingerprint density at radius 3 is 2.21 bits per heavy atom. The van der Waals surface area contributed by atoms with Gasteiger partial charge < -0.3 is 34.1 Å². The SMILES string of the molecule is COC(=O)c1nc(NCCO)c2cc(OCc3ccccc3)ccc2c1-c1cc(OC)c(OC)c(OC)c1. The van der Waals surface area contributed by atoms with Crippen LogP contribution in [0.5, 0.6) is 23.0 Å². The standard InChI is InChI=1S/C29H30N2O7/c1-34-23-14-19(15-24(35-2)27(23)36-3)25-21-11-10-20(38-17-18-8-6-5-7-9-18)16-22(21)28(30-12-13-32)31-26(25)29(33)37-4/h5-11,14-16,32H,12-13,17H2,1-4H3,(H,30,31). The van der Waals surface area contributed by atoms with E-state index in [4.69, 9.17) is 23.7 Å². The molecule has 0 unspecified atom stereocenters. The molecule has 4 aromatic rings. The molecule has 9 heteroatoms. The van der Waals surface area contributed by atoms with E-state index in [1.165, 1.54) is 28.4 Å². The molecule has 0 bridgehead atoms. The van der Waals surface area contributed by atoms with Crippen LogP contribution < -0.4 is 24.3 Å². The molecule has 0 saturated heterocycles. The molecular weight excluding hydrogens is 488 g/mol. The molecule has 0 radical (unpaired) electrons. The average Bonchev–Trinajstić information content (AvgIpc) is 2.97. The van der Waals surface area contributed by atoms with Gasteiger partial charge in [0, 0.05) is 17.5 Å². The number of aliphatic hydroxyl groups excluding tert-OH is 1. The summed E-state index contributed by atoms with van der Waals surface area (Å²) in [7, 11) is 5.87. The molecule has 9 nitrogen and oxygen atoms in total. The molecule has 0 aliphatic carbocycles. The number of ether oxygens (including phenoxy) is 5. The van der Waals surface area contributed by atoms with E-state index in [0.29, 0.717) is 57.3 Å². The maximum Gasteiger partial charge on any atom is 0.357 e. The molecule has 198 valence electrons. The number of aromatic nitrogens is 1. The molecule has 4 rings (SSSR count). The summed E-state index contributed by atoms with van der Waals surface area (Å²) < 4.78 is 27.7. The number of aliphatic hydroxyl groups is 1. The van der Waals surface area contributed by atoms with Gasteiger partial charge in [-0.3, -0.25) is 0 Å². The highest BCUT2D eigenvalue weighted by atomic mass is 16.5. The number of fused-ring (bicyclic) bond motifs is 1. The number of rotatable bonds is 11. The smallest absolute Gasteiger partial charge is 0.357 e. The van der Waals surface area contributed by atoms with Crippen LogP contribution in [0.4, 0.5) is 5.82 Å². The Labute approximate surface area is 220 Å². The van der Waals surface area contributed by atoms with E-state index in [9.17, 15) is 9.90 Å². The molecule has 0 saturated carbocycles. The van der Waals surface area contributed by atoms with Crippen molar-refractivity contribution in [2.24, 2.45) is 0 Å². The lowest BCUT2D eigenvalue weighted by Crippen LogP contribution is -2.13. The Hall–Kier alpha value is -4.50. The minimum atomic E-state index is -0.618. The Balaban J connectivity index is 1.94. The summed E-state index contributed by atoms with van der Waals surface area (Å²) in [5.41, 5.74) is 2.26. The van der Waals surface area contributed by atoms with E-state index in [0.717, 1.165) is 5.56 Å². The van der Waals surface area contributed by atoms with Crippen LogP contribution in [0.15, 0.2) is 60.7 Å². The average molecular weight is 519 g/mol. The van der Waals surface area contributed by atoms with Crippen molar-refractivity contribution < 1.29 is 33.6 Å². The van der Waals surface area contributed by atoms with Crippen molar-refractivity contribution >= 4 is 22.6 Å². The highest BCUT2D eigenvalue weighted by Crippen LogP contribution is 2.44. The van der Waals surface area contributed by atoms with Gasteiger partial charge in [-0.05, 0) is 46.8 Å². The van der Waals surface area contributed by atoms with Crippen LogP contribution >= 0.6 is 0 Å². The molecule has 3 aromatic carbocycles. The maximum atomic E-state index is 13.0. The van der Waals surface area contributed by atoms with Gasteiger partial charge in [-0.25, -0.2) is 9.78 Å². The quantitative estimate of drug-likeness (QED) is 0.273. The number of carbonyl (C=O) groups is 1. The minimum Gasteiger partial charge on any atom is -0.493 e. The summed E-state index contributed by atoms with van der Waals surface area (Å²) in [5, 5.41) is 14.0. The molecule has 1 aromatic heterocycles. The summed E-state index contributed by atoms with van der Waals surface area (Å²) in [6.07, 6.45) is 0. The predicted molar refractivity (Wildman–Crippen MR) is 145 cm³/mol. The number of nitrogens with one attached hydrogen (secondary N) is 1. The minimum absolute atomic E-state index is 0.0904. The summed E-state index contributed by atoms with van der Waals surface area (Å²) in [6.45, 7) is 0.510. The zero-order valence-corrected chi connectivity index (χ0v) is 21.7. The number of carbonyl (C=O) groups excluding carboxylic acids is 1. The van der Waals surface area contributed by atoms with E-state index in [1.807, 2.05) is 48.5 Å². The zero-order chi connectivity index (χ0) is 27.1. The van der Waals surface area contributed by atoms with E-state index >= 15 is 0 Å². The van der Waals surface area contributed by atoms with Gasteiger partial charge in [-0.2, -0.15) is 0 Å². The summed E-state index contributed by atoms with van der Waals surface area (Å²) in [5.74, 6) is 1.69. The van der Waals surface area contributed by atoms with Crippen molar-refractivity contribution in [1.82, 2.24) is 4.98 Å². The number of pyridine rings is 1. The third-order valence-electron chi connectivity index (χ3n) is 5.96. The summed E-state index contributed by atoms with van der Waals surface area (Å²) in [6, 6.07) is 18.9. The predicted octanol–water partition coefficient (Wildman–Crippen LogP) is 4.70. The van der Waals surface area contributed by atoms with Crippen molar-refractivity contribution in [1.29, 1.82) is 0 Å². The monoisotopic (exact) mass is 518 g/mol. The van der Waals surface area contributed by atoms with Gasteiger partial charge in [0.05, 0.1) is 35.0 Å². The lowest BCUT2D eigenvalue weighted by Gasteiger charge is -2.19. The first-order valence-corrected chi connectivity index (χ1v) is 11.9. The summed E-state index contributed by atoms with van der Waals surface area (Å²) >= 11 is 0. The number of hydrogen-bond donors (Lipinski definition) is 2. The first-order chi connectivity index (χ1) is 18.5. The topological polar surface area (TPSA) is 108 Å². The third-order valence-corrected chi connectivity index (χ3v) is 5.96. The third kappa shape index (κ3) is 5.42. The first kappa shape index (κ1) is 26.6. The van der Waals surface area contributed by atoms with E-state index in [2.05, 4.69) is 10.3 Å². The highest BCUT2D eigenvalue weighted by molar-refractivity contribution is 6.10. The maximum absolute atomic E-state index is 13.0. The van der Waals surface area contributed by atoms with E-state index < -0.39 is 5.97 Å². The molecule has 0 aliphatic heterocycles. The summed E-state index contributed by atoms with van der Waals surface area (Å²) in [4.78, 5) is 17.6. The van der Waals surface area contributed by atoms with Crippen LogP contribution in [0.25, 0.3) is 21.9 Å². The number of benzene rings is 3. The Morgan fingerprint density at radius 2 is 1.61 bits per heavy atom. The van der Waals surface area contributed by atoms with Crippen LogP contribution in [-0.2, 0) is 11.3 Å². The number of methoxy groups -OCH3 is 4. The molecule has 1 heterocycles. The normalized spacial score (nSPS) is 10.7. The fourth-order valence-electron chi connectivity index (χ4n) is 4.19. The largest absolute Gasteiger partial charge is 0.493 e. The highest BCUT2D eigenvalue weighted by Gasteiger charge is 2.24. The lowest BCUT2D eigenvalue weighted by atomic mass is 9.95. The van der Waals surface area contributed by atoms with Crippen molar-refractivity contribution in [3.05, 3.63) is 71.9 Å². The van der Waals surface area contributed by atoms with Crippen LogP contribution in [0.3, 0.4) is 0 Å². The van der Waals surface area contributed by atoms with Gasteiger partial charge in [0.15, 0.2) is 17.2 Å². The van der Waals surface area contributed by atoms with E-state index in [1.54, 1.807) is 12.1 Å². The second-order valence-electron chi connectivity index (χ2n) is 8.22. The Kier molecular flexibility index (Phi) is 8.50. The lowest BCUT2D eigenvalue weighted by molar-refractivity contribution is 0.0595. The van der Waals surface area contributed by atoms with E-state index in [-0.39, 0.29) is 18.8 Å². The number of nitrogens with zero attached hydrogens (tertiary/aromatic N) is 1. The van der Waals surface area contributed by atoms with Crippen LogP contribution in [0.1, 0.15) is 16.1 Å². The number of esters is 1. The second-order valence-corrected chi connectivity index (χ2v) is 8.22. The fraction of sp³-hybridized carbons (Fsp3) is 0.241. The van der Waals surface area contributed by atoms with Crippen molar-refractivity contribution in [2.75, 3.05) is 46.9 Å². The fourth-order valence-corrected chi connectivity index (χ4v) is 4.19. The van der Waals surface area contributed by atoms with Crippen molar-refractivity contribution in [3.63, 3.8) is 0 Å². The Bertz CT molecular complexity index is 1400. The van der Waals surface area contributed by atoms with Crippen LogP contribution in [0.2, 0.25) is 0 Å². The first-order valence-electron chi connectivity index (χ1n) is 11.9. The zero-order valence-electron chi connectivity index (χ0n) is 21.7. The van der Waals surface area contributed by atoms with Crippen LogP contribution in [-0.4, -0.2) is 57.7 Å². The molecule has 2 N–H and O–H groups in total. The van der Waals surface area contributed by atoms with Crippen molar-refractivity contribution in [3.8, 4) is 34.1 Å². The van der Waals surface area contributed by atoms with Gasteiger partial charge in [-0.15, -0.1) is 0 Å². The van der Waals surface area contributed by atoms with Gasteiger partial charge in [-0.1, -0.05) is 30.3 Å². The molecule has 0 fully saturated rings. The van der Waals surface area contributed by atoms with Crippen molar-refractivity contribution in [2.45, 2.75) is 6.61 Å². The molecule has 0 amide bonds. The molecule has 0 aliphatic rings. The van der Waals surface area contributed by atoms with Gasteiger partial charge in [0.2, 0.25) is 5.75 Å². The number of hydrogen-bond acceptors (Lipinski definition) is 9.